The highest BCUT2D eigenvalue weighted by atomic mass is 32.2. The molecule has 1 aromatic carbocycles. The number of sulfonamides is 1. The lowest BCUT2D eigenvalue weighted by Crippen LogP contribution is -2.27. The number of rotatable bonds is 8. The number of benzene rings is 1. The quantitative estimate of drug-likeness (QED) is 0.270. The van der Waals surface area contributed by atoms with Gasteiger partial charge in [-0.15, -0.1) is 0 Å². The number of hydrazine groups is 1. The Morgan fingerprint density at radius 2 is 2.15 bits per heavy atom. The number of hydrogen-bond donors (Lipinski definition) is 3. The standard InChI is InChI=1S/C10H16N4O5S/c1-2-19-6-5-12-20(17,18)8-3-4-9(13-11)10(7-8)14(15)16/h3-4,7,12-13H,2,5-6,11H2,1H3. The minimum Gasteiger partial charge on any atom is -0.380 e. The third-order valence-corrected chi connectivity index (χ3v) is 3.83. The summed E-state index contributed by atoms with van der Waals surface area (Å²) in [6.45, 7) is 2.57. The number of nitro benzene ring substituents is 1. The molecule has 10 heteroatoms. The Morgan fingerprint density at radius 1 is 1.45 bits per heavy atom. The van der Waals surface area contributed by atoms with Gasteiger partial charge in [-0.1, -0.05) is 0 Å². The summed E-state index contributed by atoms with van der Waals surface area (Å²) >= 11 is 0. The molecule has 112 valence electrons. The van der Waals surface area contributed by atoms with Crippen LogP contribution in [0.4, 0.5) is 11.4 Å². The zero-order valence-corrected chi connectivity index (χ0v) is 11.6. The fourth-order valence-electron chi connectivity index (χ4n) is 1.43. The first-order chi connectivity index (χ1) is 9.42. The van der Waals surface area contributed by atoms with Crippen LogP contribution in [0.3, 0.4) is 0 Å². The third kappa shape index (κ3) is 4.13. The smallest absolute Gasteiger partial charge is 0.294 e. The predicted molar refractivity (Wildman–Crippen MR) is 72.6 cm³/mol. The van der Waals surface area contributed by atoms with Crippen molar-refractivity contribution in [2.45, 2.75) is 11.8 Å². The molecule has 0 radical (unpaired) electrons. The summed E-state index contributed by atoms with van der Waals surface area (Å²) in [6.07, 6.45) is 0. The van der Waals surface area contributed by atoms with E-state index in [9.17, 15) is 18.5 Å². The fraction of sp³-hybridized carbons (Fsp3) is 0.400. The largest absolute Gasteiger partial charge is 0.380 e. The van der Waals surface area contributed by atoms with Gasteiger partial charge >= 0.3 is 0 Å². The highest BCUT2D eigenvalue weighted by molar-refractivity contribution is 7.89. The van der Waals surface area contributed by atoms with Crippen LogP contribution in [0, 0.1) is 10.1 Å². The van der Waals surface area contributed by atoms with Gasteiger partial charge in [0.2, 0.25) is 10.0 Å². The third-order valence-electron chi connectivity index (χ3n) is 2.37. The highest BCUT2D eigenvalue weighted by Gasteiger charge is 2.20. The van der Waals surface area contributed by atoms with E-state index in [2.05, 4.69) is 10.1 Å². The van der Waals surface area contributed by atoms with Crippen molar-refractivity contribution in [3.05, 3.63) is 28.3 Å². The maximum Gasteiger partial charge on any atom is 0.294 e. The average molecular weight is 304 g/mol. The first-order valence-corrected chi connectivity index (χ1v) is 7.23. The molecule has 0 aromatic heterocycles. The van der Waals surface area contributed by atoms with Crippen LogP contribution in [0.2, 0.25) is 0 Å². The second-order valence-corrected chi connectivity index (χ2v) is 5.44. The molecule has 0 unspecified atom stereocenters. The van der Waals surface area contributed by atoms with Crippen LogP contribution in [0.5, 0.6) is 0 Å². The molecule has 4 N–H and O–H groups in total. The molecule has 0 fully saturated rings. The zero-order chi connectivity index (χ0) is 15.2. The van der Waals surface area contributed by atoms with Gasteiger partial charge in [-0.3, -0.25) is 16.0 Å². The monoisotopic (exact) mass is 304 g/mol. The Bertz CT molecular complexity index is 575. The maximum absolute atomic E-state index is 11.9. The summed E-state index contributed by atoms with van der Waals surface area (Å²) in [4.78, 5) is 9.91. The van der Waals surface area contributed by atoms with Crippen LogP contribution in [0.1, 0.15) is 6.92 Å². The van der Waals surface area contributed by atoms with Crippen LogP contribution in [-0.4, -0.2) is 33.1 Å². The summed E-state index contributed by atoms with van der Waals surface area (Å²) in [5, 5.41) is 10.8. The van der Waals surface area contributed by atoms with E-state index in [1.807, 2.05) is 0 Å². The maximum atomic E-state index is 11.9. The SMILES string of the molecule is CCOCCNS(=O)(=O)c1ccc(NN)c([N+](=O)[O-])c1. The van der Waals surface area contributed by atoms with Crippen molar-refractivity contribution in [3.8, 4) is 0 Å². The Morgan fingerprint density at radius 3 is 2.70 bits per heavy atom. The average Bonchev–Trinajstić information content (AvgIpc) is 2.42. The number of ether oxygens (including phenoxy) is 1. The molecular weight excluding hydrogens is 288 g/mol. The van der Waals surface area contributed by atoms with E-state index in [-0.39, 0.29) is 23.7 Å². The Hall–Kier alpha value is -1.75. The predicted octanol–water partition coefficient (Wildman–Crippen LogP) is 0.195. The van der Waals surface area contributed by atoms with Gasteiger partial charge < -0.3 is 10.2 Å². The minimum atomic E-state index is -3.82. The lowest BCUT2D eigenvalue weighted by molar-refractivity contribution is -0.384. The minimum absolute atomic E-state index is 0.0308. The number of anilines is 1. The molecule has 1 rings (SSSR count). The van der Waals surface area contributed by atoms with Crippen molar-refractivity contribution in [1.29, 1.82) is 0 Å². The van der Waals surface area contributed by atoms with E-state index in [4.69, 9.17) is 10.6 Å². The van der Waals surface area contributed by atoms with Gasteiger partial charge in [0.1, 0.15) is 5.69 Å². The Balaban J connectivity index is 2.95. The van der Waals surface area contributed by atoms with E-state index in [1.165, 1.54) is 12.1 Å². The molecule has 9 nitrogen and oxygen atoms in total. The summed E-state index contributed by atoms with van der Waals surface area (Å²) in [7, 11) is -3.82. The van der Waals surface area contributed by atoms with E-state index >= 15 is 0 Å². The van der Waals surface area contributed by atoms with Crippen molar-refractivity contribution in [3.63, 3.8) is 0 Å². The Labute approximate surface area is 116 Å². The van der Waals surface area contributed by atoms with Crippen LogP contribution in [0.25, 0.3) is 0 Å². The van der Waals surface area contributed by atoms with E-state index in [0.717, 1.165) is 6.07 Å². The molecule has 1 aromatic rings. The van der Waals surface area contributed by atoms with E-state index < -0.39 is 20.6 Å². The van der Waals surface area contributed by atoms with Crippen molar-refractivity contribution < 1.29 is 18.1 Å². The molecule has 0 amide bonds. The van der Waals surface area contributed by atoms with Crippen LogP contribution < -0.4 is 16.0 Å². The summed E-state index contributed by atoms with van der Waals surface area (Å²) < 4.78 is 31.1. The van der Waals surface area contributed by atoms with Crippen LogP contribution in [-0.2, 0) is 14.8 Å². The molecule has 0 aliphatic heterocycles. The van der Waals surface area contributed by atoms with Gasteiger partial charge in [0.15, 0.2) is 0 Å². The van der Waals surface area contributed by atoms with Gasteiger partial charge in [-0.05, 0) is 19.1 Å². The number of nitrogen functional groups attached to an aromatic ring is 1. The van der Waals surface area contributed by atoms with Gasteiger partial charge in [-0.25, -0.2) is 13.1 Å². The molecule has 0 bridgehead atoms. The molecule has 0 spiro atoms. The lowest BCUT2D eigenvalue weighted by Gasteiger charge is -2.08. The molecule has 0 aliphatic rings. The van der Waals surface area contributed by atoms with Crippen LogP contribution in [0.15, 0.2) is 23.1 Å². The van der Waals surface area contributed by atoms with Crippen molar-refractivity contribution in [1.82, 2.24) is 4.72 Å². The summed E-state index contributed by atoms with van der Waals surface area (Å²) in [5.74, 6) is 5.13. The normalized spacial score (nSPS) is 11.3. The second kappa shape index (κ2) is 7.14. The Kier molecular flexibility index (Phi) is 5.82. The number of nitrogens with two attached hydrogens (primary N) is 1. The molecule has 20 heavy (non-hydrogen) atoms. The molecule has 0 atom stereocenters. The first-order valence-electron chi connectivity index (χ1n) is 5.75. The fourth-order valence-corrected chi connectivity index (χ4v) is 2.46. The van der Waals surface area contributed by atoms with Crippen molar-refractivity contribution >= 4 is 21.4 Å². The molecular formula is C10H16N4O5S. The van der Waals surface area contributed by atoms with E-state index in [0.29, 0.717) is 6.61 Å². The van der Waals surface area contributed by atoms with Crippen LogP contribution >= 0.6 is 0 Å². The van der Waals surface area contributed by atoms with E-state index in [1.54, 1.807) is 6.92 Å². The van der Waals surface area contributed by atoms with Gasteiger partial charge in [0.25, 0.3) is 5.69 Å². The van der Waals surface area contributed by atoms with Crippen molar-refractivity contribution in [2.75, 3.05) is 25.2 Å². The van der Waals surface area contributed by atoms with Gasteiger partial charge in [0.05, 0.1) is 16.4 Å². The van der Waals surface area contributed by atoms with Gasteiger partial charge in [-0.2, -0.15) is 0 Å². The number of hydrogen-bond acceptors (Lipinski definition) is 7. The first kappa shape index (κ1) is 16.3. The number of nitrogens with zero attached hydrogens (tertiary/aromatic N) is 1. The van der Waals surface area contributed by atoms with Gasteiger partial charge in [0, 0.05) is 19.2 Å². The topological polar surface area (TPSA) is 137 Å². The van der Waals surface area contributed by atoms with Crippen molar-refractivity contribution in [2.24, 2.45) is 5.84 Å². The number of nitrogens with one attached hydrogen (secondary N) is 2. The lowest BCUT2D eigenvalue weighted by atomic mass is 10.3. The molecule has 0 heterocycles. The summed E-state index contributed by atoms with van der Waals surface area (Å²) in [6, 6.07) is 3.40. The molecule has 0 saturated heterocycles. The second-order valence-electron chi connectivity index (χ2n) is 3.68. The number of nitro groups is 1. The zero-order valence-electron chi connectivity index (χ0n) is 10.8. The summed E-state index contributed by atoms with van der Waals surface area (Å²) in [5.41, 5.74) is 1.75. The molecule has 0 saturated carbocycles. The highest BCUT2D eigenvalue weighted by Crippen LogP contribution is 2.26. The molecule has 0 aliphatic carbocycles.